The van der Waals surface area contributed by atoms with Crippen LogP contribution in [0.2, 0.25) is 0 Å². The van der Waals surface area contributed by atoms with Crippen LogP contribution in [0, 0.1) is 0 Å². The predicted molar refractivity (Wildman–Crippen MR) is 64.3 cm³/mol. The van der Waals surface area contributed by atoms with Crippen molar-refractivity contribution in [1.82, 2.24) is 10.2 Å². The fourth-order valence-corrected chi connectivity index (χ4v) is 1.40. The molecule has 0 radical (unpaired) electrons. The summed E-state index contributed by atoms with van der Waals surface area (Å²) >= 11 is 0. The summed E-state index contributed by atoms with van der Waals surface area (Å²) in [5, 5.41) is 10.0. The van der Waals surface area contributed by atoms with Gasteiger partial charge in [0.15, 0.2) is 0 Å². The highest BCUT2D eigenvalue weighted by Crippen LogP contribution is 2.11. The molecule has 0 aliphatic heterocycles. The Labute approximate surface area is 98.7 Å². The number of benzene rings is 1. The van der Waals surface area contributed by atoms with Gasteiger partial charge in [-0.05, 0) is 23.8 Å². The summed E-state index contributed by atoms with van der Waals surface area (Å²) in [5.74, 6) is -0.214. The fraction of sp³-hybridized carbons (Fsp3) is 0.0833. The van der Waals surface area contributed by atoms with Gasteiger partial charge in [0.05, 0.1) is 18.0 Å². The van der Waals surface area contributed by atoms with Crippen molar-refractivity contribution in [3.05, 3.63) is 53.9 Å². The summed E-state index contributed by atoms with van der Waals surface area (Å²) in [6, 6.07) is 9.01. The number of nitrogens with one attached hydrogen (secondary N) is 1. The third kappa shape index (κ3) is 2.85. The fourth-order valence-electron chi connectivity index (χ4n) is 1.40. The lowest BCUT2D eigenvalue weighted by atomic mass is 10.2. The molecule has 1 heterocycles. The van der Waals surface area contributed by atoms with Crippen LogP contribution in [0.3, 0.4) is 0 Å². The highest BCUT2D eigenvalue weighted by atomic mass is 16.1. The molecule has 1 aromatic carbocycles. The average Bonchev–Trinajstić information content (AvgIpc) is 2.40. The van der Waals surface area contributed by atoms with Gasteiger partial charge in [-0.3, -0.25) is 4.79 Å². The summed E-state index contributed by atoms with van der Waals surface area (Å²) in [5.41, 5.74) is 7.69. The van der Waals surface area contributed by atoms with Crippen LogP contribution in [0.4, 0.5) is 5.69 Å². The summed E-state index contributed by atoms with van der Waals surface area (Å²) in [6.07, 6.45) is 2.90. The van der Waals surface area contributed by atoms with Gasteiger partial charge >= 0.3 is 0 Å². The zero-order valence-electron chi connectivity index (χ0n) is 9.13. The molecular formula is C12H12N4O. The third-order valence-electron chi connectivity index (χ3n) is 2.27. The molecule has 1 aromatic heterocycles. The van der Waals surface area contributed by atoms with Crippen molar-refractivity contribution < 1.29 is 4.79 Å². The van der Waals surface area contributed by atoms with Crippen molar-refractivity contribution in [1.29, 1.82) is 0 Å². The number of amides is 1. The first-order valence-electron chi connectivity index (χ1n) is 5.16. The van der Waals surface area contributed by atoms with Crippen molar-refractivity contribution in [3.8, 4) is 0 Å². The van der Waals surface area contributed by atoms with E-state index in [2.05, 4.69) is 15.5 Å². The number of hydrogen-bond donors (Lipinski definition) is 2. The van der Waals surface area contributed by atoms with E-state index in [-0.39, 0.29) is 5.91 Å². The van der Waals surface area contributed by atoms with Crippen LogP contribution in [0.25, 0.3) is 0 Å². The number of rotatable bonds is 3. The minimum atomic E-state index is -0.214. The van der Waals surface area contributed by atoms with Crippen LogP contribution >= 0.6 is 0 Å². The second-order valence-electron chi connectivity index (χ2n) is 3.49. The molecule has 2 rings (SSSR count). The molecule has 3 N–H and O–H groups in total. The average molecular weight is 228 g/mol. The Hall–Kier alpha value is -2.27. The Morgan fingerprint density at radius 3 is 2.88 bits per heavy atom. The third-order valence-corrected chi connectivity index (χ3v) is 2.27. The van der Waals surface area contributed by atoms with E-state index in [0.717, 1.165) is 11.3 Å². The van der Waals surface area contributed by atoms with E-state index < -0.39 is 0 Å². The second-order valence-corrected chi connectivity index (χ2v) is 3.49. The van der Waals surface area contributed by atoms with Crippen LogP contribution < -0.4 is 11.1 Å². The van der Waals surface area contributed by atoms with Crippen LogP contribution in [-0.2, 0) is 6.54 Å². The van der Waals surface area contributed by atoms with Crippen LogP contribution in [0.15, 0.2) is 42.7 Å². The lowest BCUT2D eigenvalue weighted by Gasteiger charge is -2.06. The Morgan fingerprint density at radius 2 is 2.18 bits per heavy atom. The predicted octanol–water partition coefficient (Wildman–Crippen LogP) is 1.19. The topological polar surface area (TPSA) is 80.9 Å². The molecule has 0 aliphatic rings. The first-order chi connectivity index (χ1) is 8.29. The Bertz CT molecular complexity index is 513. The molecule has 1 amide bonds. The molecule has 17 heavy (non-hydrogen) atoms. The number of hydrogen-bond acceptors (Lipinski definition) is 4. The Balaban J connectivity index is 2.13. The monoisotopic (exact) mass is 228 g/mol. The molecule has 0 unspecified atom stereocenters. The molecule has 0 saturated heterocycles. The molecule has 2 aromatic rings. The van der Waals surface area contributed by atoms with Crippen LogP contribution in [0.1, 0.15) is 15.9 Å². The van der Waals surface area contributed by atoms with Crippen molar-refractivity contribution in [2.75, 3.05) is 5.32 Å². The number of anilines is 1. The zero-order valence-corrected chi connectivity index (χ0v) is 9.13. The smallest absolute Gasteiger partial charge is 0.257 e. The van der Waals surface area contributed by atoms with Crippen LogP contribution in [0.5, 0.6) is 0 Å². The standard InChI is InChI=1S/C12H12N4O/c13-7-9-2-1-3-11(6-9)16-12(17)10-4-5-14-15-8-10/h1-6,8H,7,13H2,(H,16,17). The van der Waals surface area contributed by atoms with E-state index in [1.165, 1.54) is 12.4 Å². The molecule has 0 atom stereocenters. The van der Waals surface area contributed by atoms with Crippen LogP contribution in [-0.4, -0.2) is 16.1 Å². The SMILES string of the molecule is NCc1cccc(NC(=O)c2ccnnc2)c1. The zero-order chi connectivity index (χ0) is 12.1. The van der Waals surface area contributed by atoms with Gasteiger partial charge in [0.25, 0.3) is 5.91 Å². The molecule has 0 aliphatic carbocycles. The van der Waals surface area contributed by atoms with Crippen molar-refractivity contribution in [2.45, 2.75) is 6.54 Å². The molecule has 86 valence electrons. The van der Waals surface area contributed by atoms with Gasteiger partial charge < -0.3 is 11.1 Å². The van der Waals surface area contributed by atoms with Gasteiger partial charge in [0.2, 0.25) is 0 Å². The molecule has 5 nitrogen and oxygen atoms in total. The number of nitrogens with zero attached hydrogens (tertiary/aromatic N) is 2. The number of carbonyl (C=O) groups excluding carboxylic acids is 1. The maximum absolute atomic E-state index is 11.8. The Kier molecular flexibility index (Phi) is 3.42. The lowest BCUT2D eigenvalue weighted by Crippen LogP contribution is -2.12. The van der Waals surface area contributed by atoms with E-state index in [0.29, 0.717) is 12.1 Å². The molecule has 0 fully saturated rings. The summed E-state index contributed by atoms with van der Waals surface area (Å²) < 4.78 is 0. The van der Waals surface area contributed by atoms with E-state index in [1.54, 1.807) is 6.07 Å². The minimum Gasteiger partial charge on any atom is -0.326 e. The first kappa shape index (κ1) is 11.2. The van der Waals surface area contributed by atoms with Gasteiger partial charge in [0.1, 0.15) is 0 Å². The van der Waals surface area contributed by atoms with Gasteiger partial charge in [-0.25, -0.2) is 0 Å². The van der Waals surface area contributed by atoms with E-state index in [1.807, 2.05) is 24.3 Å². The molecular weight excluding hydrogens is 216 g/mol. The second kappa shape index (κ2) is 5.18. The maximum atomic E-state index is 11.8. The molecule has 0 saturated carbocycles. The molecule has 5 heteroatoms. The normalized spacial score (nSPS) is 9.94. The van der Waals surface area contributed by atoms with Gasteiger partial charge in [0, 0.05) is 12.2 Å². The highest BCUT2D eigenvalue weighted by molar-refractivity contribution is 6.03. The van der Waals surface area contributed by atoms with E-state index in [9.17, 15) is 4.79 Å². The summed E-state index contributed by atoms with van der Waals surface area (Å²) in [7, 11) is 0. The number of aromatic nitrogens is 2. The van der Waals surface area contributed by atoms with E-state index >= 15 is 0 Å². The van der Waals surface area contributed by atoms with Gasteiger partial charge in [-0.15, -0.1) is 0 Å². The van der Waals surface area contributed by atoms with Gasteiger partial charge in [-0.1, -0.05) is 12.1 Å². The largest absolute Gasteiger partial charge is 0.326 e. The summed E-state index contributed by atoms with van der Waals surface area (Å²) in [4.78, 5) is 11.8. The van der Waals surface area contributed by atoms with Crippen molar-refractivity contribution in [2.24, 2.45) is 5.73 Å². The quantitative estimate of drug-likeness (QED) is 0.826. The Morgan fingerprint density at radius 1 is 1.29 bits per heavy atom. The van der Waals surface area contributed by atoms with Crippen molar-refractivity contribution >= 4 is 11.6 Å². The first-order valence-corrected chi connectivity index (χ1v) is 5.16. The maximum Gasteiger partial charge on any atom is 0.257 e. The number of nitrogens with two attached hydrogens (primary N) is 1. The molecule has 0 bridgehead atoms. The highest BCUT2D eigenvalue weighted by Gasteiger charge is 2.05. The lowest BCUT2D eigenvalue weighted by molar-refractivity contribution is 0.102. The van der Waals surface area contributed by atoms with E-state index in [4.69, 9.17) is 5.73 Å². The number of carbonyl (C=O) groups is 1. The van der Waals surface area contributed by atoms with Crippen molar-refractivity contribution in [3.63, 3.8) is 0 Å². The summed E-state index contributed by atoms with van der Waals surface area (Å²) in [6.45, 7) is 0.445. The van der Waals surface area contributed by atoms with Gasteiger partial charge in [-0.2, -0.15) is 10.2 Å². The minimum absolute atomic E-state index is 0.214. The molecule has 0 spiro atoms.